The molecule has 1 aliphatic rings. The number of hydrogen-bond acceptors (Lipinski definition) is 3. The standard InChI is InChI=1S/C18H20BrO3S/c1-18(2,19)17(20)22-15-7-8-16(23-11-9-21-10-12-23)14-6-4-3-5-13(14)15/h3-8H,9-12H2,1-2H3/q+1. The summed E-state index contributed by atoms with van der Waals surface area (Å²) in [5.41, 5.74) is 0. The first-order valence-corrected chi connectivity index (χ1v) is 10.0. The van der Waals surface area contributed by atoms with Crippen molar-refractivity contribution in [1.29, 1.82) is 0 Å². The Bertz CT molecular complexity index is 718. The number of ether oxygens (including phenoxy) is 2. The van der Waals surface area contributed by atoms with Gasteiger partial charge in [0.05, 0.1) is 13.2 Å². The van der Waals surface area contributed by atoms with Crippen LogP contribution in [0, 0.1) is 0 Å². The molecule has 1 saturated heterocycles. The lowest BCUT2D eigenvalue weighted by Gasteiger charge is -2.18. The van der Waals surface area contributed by atoms with Crippen molar-refractivity contribution in [3.05, 3.63) is 36.4 Å². The normalized spacial score (nSPS) is 16.5. The lowest BCUT2D eigenvalue weighted by Crippen LogP contribution is -2.29. The summed E-state index contributed by atoms with van der Waals surface area (Å²) in [6, 6.07) is 12.2. The van der Waals surface area contributed by atoms with Crippen molar-refractivity contribution >= 4 is 43.6 Å². The average molecular weight is 396 g/mol. The van der Waals surface area contributed by atoms with E-state index in [1.807, 2.05) is 24.3 Å². The Hall–Kier alpha value is -1.04. The Balaban J connectivity index is 2.00. The number of alkyl halides is 1. The minimum absolute atomic E-state index is 0.205. The van der Waals surface area contributed by atoms with Crippen LogP contribution < -0.4 is 4.74 Å². The lowest BCUT2D eigenvalue weighted by molar-refractivity contribution is -0.135. The molecule has 0 radical (unpaired) electrons. The molecule has 0 saturated carbocycles. The summed E-state index contributed by atoms with van der Waals surface area (Å²) in [5, 5.41) is 2.17. The van der Waals surface area contributed by atoms with Crippen LogP contribution in [0.4, 0.5) is 0 Å². The van der Waals surface area contributed by atoms with Gasteiger partial charge in [-0.25, -0.2) is 0 Å². The number of rotatable bonds is 3. The van der Waals surface area contributed by atoms with Gasteiger partial charge in [0.2, 0.25) is 0 Å². The SMILES string of the molecule is CC(C)(Br)C(=O)Oc1ccc([S+]2CCOCC2)c2ccccc12. The molecule has 0 aliphatic carbocycles. The minimum Gasteiger partial charge on any atom is -0.425 e. The summed E-state index contributed by atoms with van der Waals surface area (Å²) in [6.45, 7) is 5.22. The first-order valence-electron chi connectivity index (χ1n) is 7.65. The molecule has 1 heterocycles. The van der Waals surface area contributed by atoms with E-state index in [-0.39, 0.29) is 16.9 Å². The number of carbonyl (C=O) groups excluding carboxylic acids is 1. The van der Waals surface area contributed by atoms with Gasteiger partial charge in [-0.15, -0.1) is 0 Å². The maximum Gasteiger partial charge on any atom is 0.327 e. The molecule has 1 fully saturated rings. The second-order valence-electron chi connectivity index (χ2n) is 5.98. The average Bonchev–Trinajstić information content (AvgIpc) is 2.55. The van der Waals surface area contributed by atoms with Crippen molar-refractivity contribution in [3.63, 3.8) is 0 Å². The molecule has 23 heavy (non-hydrogen) atoms. The molecule has 0 N–H and O–H groups in total. The van der Waals surface area contributed by atoms with Crippen molar-refractivity contribution in [2.24, 2.45) is 0 Å². The van der Waals surface area contributed by atoms with E-state index in [0.29, 0.717) is 5.75 Å². The third-order valence-electron chi connectivity index (χ3n) is 3.79. The predicted octanol–water partition coefficient (Wildman–Crippen LogP) is 3.93. The highest BCUT2D eigenvalue weighted by Gasteiger charge is 2.30. The van der Waals surface area contributed by atoms with Gasteiger partial charge in [-0.1, -0.05) is 34.1 Å². The number of carbonyl (C=O) groups is 1. The third kappa shape index (κ3) is 3.73. The molecule has 1 aliphatic heterocycles. The number of fused-ring (bicyclic) bond motifs is 1. The second kappa shape index (κ2) is 6.83. The predicted molar refractivity (Wildman–Crippen MR) is 98.8 cm³/mol. The van der Waals surface area contributed by atoms with Gasteiger partial charge in [0.15, 0.2) is 4.90 Å². The van der Waals surface area contributed by atoms with Crippen LogP contribution in [0.3, 0.4) is 0 Å². The molecule has 0 unspecified atom stereocenters. The van der Waals surface area contributed by atoms with Crippen LogP contribution in [0.5, 0.6) is 5.75 Å². The van der Waals surface area contributed by atoms with E-state index in [1.54, 1.807) is 13.8 Å². The molecule has 122 valence electrons. The van der Waals surface area contributed by atoms with Gasteiger partial charge in [0.25, 0.3) is 0 Å². The molecule has 3 rings (SSSR count). The highest BCUT2D eigenvalue weighted by atomic mass is 79.9. The topological polar surface area (TPSA) is 35.5 Å². The van der Waals surface area contributed by atoms with E-state index in [2.05, 4.69) is 28.1 Å². The molecular formula is C18H20BrO3S+. The van der Waals surface area contributed by atoms with Crippen molar-refractivity contribution < 1.29 is 14.3 Å². The number of esters is 1. The summed E-state index contributed by atoms with van der Waals surface area (Å²) in [6.07, 6.45) is 0. The van der Waals surface area contributed by atoms with E-state index in [9.17, 15) is 4.79 Å². The zero-order valence-corrected chi connectivity index (χ0v) is 15.7. The monoisotopic (exact) mass is 395 g/mol. The molecular weight excluding hydrogens is 376 g/mol. The smallest absolute Gasteiger partial charge is 0.327 e. The van der Waals surface area contributed by atoms with Crippen molar-refractivity contribution in [3.8, 4) is 5.75 Å². The fourth-order valence-electron chi connectivity index (χ4n) is 2.55. The van der Waals surface area contributed by atoms with Gasteiger partial charge in [0.1, 0.15) is 21.6 Å². The first kappa shape index (κ1) is 16.8. The summed E-state index contributed by atoms with van der Waals surface area (Å²) in [4.78, 5) is 13.5. The summed E-state index contributed by atoms with van der Waals surface area (Å²) >= 11 is 3.36. The number of halogens is 1. The molecule has 0 spiro atoms. The minimum atomic E-state index is -0.699. The van der Waals surface area contributed by atoms with E-state index >= 15 is 0 Å². The molecule has 5 heteroatoms. The molecule has 3 nitrogen and oxygen atoms in total. The fourth-order valence-corrected chi connectivity index (χ4v) is 4.66. The van der Waals surface area contributed by atoms with E-state index < -0.39 is 4.32 Å². The summed E-state index contributed by atoms with van der Waals surface area (Å²) in [7, 11) is 0.205. The zero-order chi connectivity index (χ0) is 16.4. The molecule has 0 amide bonds. The molecule has 2 aromatic carbocycles. The van der Waals surface area contributed by atoms with Crippen LogP contribution in [0.25, 0.3) is 10.8 Å². The van der Waals surface area contributed by atoms with Crippen LogP contribution in [0.1, 0.15) is 13.8 Å². The Morgan fingerprint density at radius 2 is 1.78 bits per heavy atom. The Morgan fingerprint density at radius 3 is 2.43 bits per heavy atom. The van der Waals surface area contributed by atoms with Gasteiger partial charge < -0.3 is 9.47 Å². The Morgan fingerprint density at radius 1 is 1.13 bits per heavy atom. The van der Waals surface area contributed by atoms with Crippen LogP contribution >= 0.6 is 15.9 Å². The summed E-state index contributed by atoms with van der Waals surface area (Å²) in [5.74, 6) is 2.47. The van der Waals surface area contributed by atoms with Gasteiger partial charge in [-0.05, 0) is 32.0 Å². The molecule has 0 atom stereocenters. The Labute approximate surface area is 147 Å². The number of hydrogen-bond donors (Lipinski definition) is 0. The highest BCUT2D eigenvalue weighted by Crippen LogP contribution is 2.34. The van der Waals surface area contributed by atoms with Crippen molar-refractivity contribution in [1.82, 2.24) is 0 Å². The quantitative estimate of drug-likeness (QED) is 0.341. The zero-order valence-electron chi connectivity index (χ0n) is 13.3. The van der Waals surface area contributed by atoms with Crippen LogP contribution in [-0.4, -0.2) is 35.0 Å². The second-order valence-corrected chi connectivity index (χ2v) is 10.2. The van der Waals surface area contributed by atoms with Crippen LogP contribution in [-0.2, 0) is 20.4 Å². The van der Waals surface area contributed by atoms with E-state index in [1.165, 1.54) is 10.3 Å². The largest absolute Gasteiger partial charge is 0.425 e. The number of benzene rings is 2. The highest BCUT2D eigenvalue weighted by molar-refractivity contribution is 9.10. The van der Waals surface area contributed by atoms with Gasteiger partial charge >= 0.3 is 5.97 Å². The fraction of sp³-hybridized carbons (Fsp3) is 0.389. The van der Waals surface area contributed by atoms with E-state index in [4.69, 9.17) is 9.47 Å². The van der Waals surface area contributed by atoms with Gasteiger partial charge in [0, 0.05) is 21.7 Å². The maximum atomic E-state index is 12.2. The Kier molecular flexibility index (Phi) is 4.99. The molecule has 0 aromatic heterocycles. The van der Waals surface area contributed by atoms with Gasteiger partial charge in [-0.2, -0.15) is 0 Å². The van der Waals surface area contributed by atoms with Crippen LogP contribution in [0.15, 0.2) is 41.3 Å². The summed E-state index contributed by atoms with van der Waals surface area (Å²) < 4.78 is 10.4. The first-order chi connectivity index (χ1) is 11.0. The molecule has 0 bridgehead atoms. The lowest BCUT2D eigenvalue weighted by atomic mass is 10.1. The third-order valence-corrected chi connectivity index (χ3v) is 6.41. The van der Waals surface area contributed by atoms with Crippen molar-refractivity contribution in [2.45, 2.75) is 23.1 Å². The van der Waals surface area contributed by atoms with Gasteiger partial charge in [-0.3, -0.25) is 4.79 Å². The van der Waals surface area contributed by atoms with Crippen LogP contribution in [0.2, 0.25) is 0 Å². The van der Waals surface area contributed by atoms with Crippen molar-refractivity contribution in [2.75, 3.05) is 24.7 Å². The maximum absolute atomic E-state index is 12.2. The molecule has 2 aromatic rings. The van der Waals surface area contributed by atoms with E-state index in [0.717, 1.165) is 30.1 Å².